The van der Waals surface area contributed by atoms with Gasteiger partial charge in [-0.15, -0.1) is 0 Å². The Morgan fingerprint density at radius 3 is 2.93 bits per heavy atom. The number of hydrogen-bond acceptors (Lipinski definition) is 4. The monoisotopic (exact) mass is 417 g/mol. The number of halogens is 2. The Bertz CT molecular complexity index is 1080. The minimum atomic E-state index is -1.64. The number of benzene rings is 1. The van der Waals surface area contributed by atoms with Crippen molar-refractivity contribution in [2.45, 2.75) is 38.0 Å². The van der Waals surface area contributed by atoms with Crippen molar-refractivity contribution in [2.24, 2.45) is 0 Å². The average molecular weight is 417 g/mol. The van der Waals surface area contributed by atoms with E-state index in [1.807, 2.05) is 19.9 Å². The molecule has 0 bridgehead atoms. The zero-order valence-corrected chi connectivity index (χ0v) is 17.4. The maximum atomic E-state index is 15.2. The molecule has 1 aliphatic heterocycles. The molecule has 1 saturated heterocycles. The predicted molar refractivity (Wildman–Crippen MR) is 108 cm³/mol. The predicted octanol–water partition coefficient (Wildman–Crippen LogP) is 3.30. The molecule has 6 nitrogen and oxygen atoms in total. The van der Waals surface area contributed by atoms with Crippen molar-refractivity contribution in [1.82, 2.24) is 24.5 Å². The van der Waals surface area contributed by atoms with Crippen molar-refractivity contribution in [1.29, 1.82) is 0 Å². The molecular formula is C20H22F2N5OP. The van der Waals surface area contributed by atoms with Gasteiger partial charge in [-0.3, -0.25) is 4.79 Å². The fourth-order valence-electron chi connectivity index (χ4n) is 3.95. The van der Waals surface area contributed by atoms with Crippen LogP contribution in [-0.2, 0) is 6.42 Å². The maximum absolute atomic E-state index is 15.2. The summed E-state index contributed by atoms with van der Waals surface area (Å²) in [7, 11) is 2.23. The standard InChI is InChI=1S/C20H22F2N5OP/c1-3-13-7-14(4-5-16(13)21)18(28)26-9-15(8-20(22,29)10-26)17-6-12(2)25-19-23-11-24-27(17)19/h4-7,11,15H,3,8-10,29H2,1-2H3. The molecule has 3 unspecified atom stereocenters. The number of likely N-dealkylation sites (tertiary alicyclic amines) is 1. The van der Waals surface area contributed by atoms with Gasteiger partial charge < -0.3 is 4.90 Å². The van der Waals surface area contributed by atoms with E-state index < -0.39 is 5.41 Å². The second kappa shape index (κ2) is 7.41. The molecule has 0 spiro atoms. The lowest BCUT2D eigenvalue weighted by atomic mass is 9.91. The number of carbonyl (C=O) groups excluding carboxylic acids is 1. The normalized spacial score (nSPS) is 22.2. The van der Waals surface area contributed by atoms with Gasteiger partial charge in [0.25, 0.3) is 11.7 Å². The van der Waals surface area contributed by atoms with E-state index in [1.54, 1.807) is 10.6 Å². The third kappa shape index (κ3) is 3.86. The van der Waals surface area contributed by atoms with Gasteiger partial charge in [0.05, 0.1) is 12.2 Å². The zero-order valence-electron chi connectivity index (χ0n) is 16.3. The number of amides is 1. The molecule has 0 radical (unpaired) electrons. The second-order valence-electron chi connectivity index (χ2n) is 7.58. The third-order valence-electron chi connectivity index (χ3n) is 5.27. The zero-order chi connectivity index (χ0) is 20.8. The summed E-state index contributed by atoms with van der Waals surface area (Å²) in [4.78, 5) is 23.1. The molecule has 2 aromatic heterocycles. The number of alkyl halides is 1. The molecule has 0 saturated carbocycles. The van der Waals surface area contributed by atoms with Gasteiger partial charge in [0, 0.05) is 23.7 Å². The molecular weight excluding hydrogens is 395 g/mol. The van der Waals surface area contributed by atoms with Gasteiger partial charge in [-0.25, -0.2) is 18.3 Å². The van der Waals surface area contributed by atoms with Crippen LogP contribution in [0.1, 0.15) is 46.6 Å². The van der Waals surface area contributed by atoms with Gasteiger partial charge in [0.2, 0.25) is 0 Å². The van der Waals surface area contributed by atoms with Crippen molar-refractivity contribution < 1.29 is 13.6 Å². The minimum Gasteiger partial charge on any atom is -0.334 e. The van der Waals surface area contributed by atoms with Crippen LogP contribution in [0.3, 0.4) is 0 Å². The topological polar surface area (TPSA) is 63.4 Å². The third-order valence-corrected chi connectivity index (χ3v) is 5.69. The smallest absolute Gasteiger partial charge is 0.254 e. The molecule has 3 heterocycles. The summed E-state index contributed by atoms with van der Waals surface area (Å²) in [6.45, 7) is 3.96. The molecule has 9 heteroatoms. The van der Waals surface area contributed by atoms with Crippen LogP contribution in [0.15, 0.2) is 30.6 Å². The van der Waals surface area contributed by atoms with Crippen molar-refractivity contribution in [3.63, 3.8) is 0 Å². The summed E-state index contributed by atoms with van der Waals surface area (Å²) in [5, 5.41) is 2.57. The van der Waals surface area contributed by atoms with E-state index >= 15 is 4.39 Å². The molecule has 1 aliphatic rings. The summed E-state index contributed by atoms with van der Waals surface area (Å²) in [6.07, 6.45) is 2.11. The van der Waals surface area contributed by atoms with Gasteiger partial charge in [-0.05, 0) is 49.6 Å². The van der Waals surface area contributed by atoms with E-state index in [9.17, 15) is 9.18 Å². The molecule has 29 heavy (non-hydrogen) atoms. The fourth-order valence-corrected chi connectivity index (χ4v) is 4.46. The first-order valence-corrected chi connectivity index (χ1v) is 10.1. The highest BCUT2D eigenvalue weighted by atomic mass is 31.0. The lowest BCUT2D eigenvalue weighted by Gasteiger charge is -2.40. The highest BCUT2D eigenvalue weighted by Gasteiger charge is 2.40. The van der Waals surface area contributed by atoms with Crippen LogP contribution in [0.25, 0.3) is 5.78 Å². The van der Waals surface area contributed by atoms with Crippen molar-refractivity contribution in [2.75, 3.05) is 13.1 Å². The van der Waals surface area contributed by atoms with Gasteiger partial charge >= 0.3 is 0 Å². The number of piperidine rings is 1. The quantitative estimate of drug-likeness (QED) is 0.614. The summed E-state index contributed by atoms with van der Waals surface area (Å²) < 4.78 is 30.6. The molecule has 1 amide bonds. The van der Waals surface area contributed by atoms with E-state index in [0.717, 1.165) is 11.4 Å². The SMILES string of the molecule is CCc1cc(C(=O)N2CC(c3cc(C)nc4ncnn34)CC(F)(P)C2)ccc1F. The highest BCUT2D eigenvalue weighted by Crippen LogP contribution is 2.39. The van der Waals surface area contributed by atoms with Crippen LogP contribution < -0.4 is 0 Å². The van der Waals surface area contributed by atoms with E-state index in [-0.39, 0.29) is 30.6 Å². The average Bonchev–Trinajstić information content (AvgIpc) is 3.14. The Morgan fingerprint density at radius 1 is 1.38 bits per heavy atom. The van der Waals surface area contributed by atoms with Crippen molar-refractivity contribution in [3.05, 3.63) is 58.9 Å². The van der Waals surface area contributed by atoms with Crippen LogP contribution in [-0.4, -0.2) is 48.9 Å². The fraction of sp³-hybridized carbons (Fsp3) is 0.400. The Morgan fingerprint density at radius 2 is 2.17 bits per heavy atom. The van der Waals surface area contributed by atoms with Crippen molar-refractivity contribution in [3.8, 4) is 0 Å². The van der Waals surface area contributed by atoms with E-state index in [1.165, 1.54) is 23.4 Å². The molecule has 0 N–H and O–H groups in total. The highest BCUT2D eigenvalue weighted by molar-refractivity contribution is 7.18. The van der Waals surface area contributed by atoms with Gasteiger partial charge in [0.15, 0.2) is 0 Å². The van der Waals surface area contributed by atoms with E-state index in [2.05, 4.69) is 24.3 Å². The van der Waals surface area contributed by atoms with Gasteiger partial charge in [-0.1, -0.05) is 16.2 Å². The summed E-state index contributed by atoms with van der Waals surface area (Å²) in [5.41, 5.74) is 2.35. The Hall–Kier alpha value is -2.47. The molecule has 4 rings (SSSR count). The minimum absolute atomic E-state index is 0.0452. The molecule has 3 aromatic rings. The first-order valence-electron chi connectivity index (χ1n) is 9.50. The number of nitrogens with zero attached hydrogens (tertiary/aromatic N) is 5. The first kappa shape index (κ1) is 19.8. The van der Waals surface area contributed by atoms with Crippen LogP contribution in [0.5, 0.6) is 0 Å². The molecule has 0 aliphatic carbocycles. The number of aryl methyl sites for hydroxylation is 2. The van der Waals surface area contributed by atoms with Crippen LogP contribution >= 0.6 is 9.24 Å². The van der Waals surface area contributed by atoms with Crippen molar-refractivity contribution >= 4 is 20.9 Å². The van der Waals surface area contributed by atoms with Gasteiger partial charge in [-0.2, -0.15) is 10.1 Å². The number of aromatic nitrogens is 4. The first-order chi connectivity index (χ1) is 13.8. The number of rotatable bonds is 3. The van der Waals surface area contributed by atoms with Crippen LogP contribution in [0.4, 0.5) is 8.78 Å². The summed E-state index contributed by atoms with van der Waals surface area (Å²) in [6, 6.07) is 6.15. The number of hydrogen-bond donors (Lipinski definition) is 0. The Labute approximate surface area is 169 Å². The lowest BCUT2D eigenvalue weighted by Crippen LogP contribution is -2.48. The largest absolute Gasteiger partial charge is 0.334 e. The lowest BCUT2D eigenvalue weighted by molar-refractivity contribution is 0.0543. The molecule has 1 fully saturated rings. The molecule has 1 aromatic carbocycles. The number of carbonyl (C=O) groups is 1. The summed E-state index contributed by atoms with van der Waals surface area (Å²) in [5.74, 6) is -0.489. The van der Waals surface area contributed by atoms with Crippen LogP contribution in [0.2, 0.25) is 0 Å². The number of fused-ring (bicyclic) bond motifs is 1. The van der Waals surface area contributed by atoms with Crippen LogP contribution in [0, 0.1) is 12.7 Å². The Kier molecular flexibility index (Phi) is 5.07. The van der Waals surface area contributed by atoms with Gasteiger partial charge in [0.1, 0.15) is 17.6 Å². The van der Waals surface area contributed by atoms with E-state index in [4.69, 9.17) is 0 Å². The van der Waals surface area contributed by atoms with E-state index in [0.29, 0.717) is 29.9 Å². The maximum Gasteiger partial charge on any atom is 0.254 e. The Balaban J connectivity index is 1.69. The molecule has 152 valence electrons. The second-order valence-corrected chi connectivity index (χ2v) is 8.61. The summed E-state index contributed by atoms with van der Waals surface area (Å²) >= 11 is 0. The molecule has 3 atom stereocenters.